The third-order valence-electron chi connectivity index (χ3n) is 5.63. The van der Waals surface area contributed by atoms with Crippen molar-refractivity contribution in [3.05, 3.63) is 54.1 Å². The highest BCUT2D eigenvalue weighted by Gasteiger charge is 2.48. The smallest absolute Gasteiger partial charge is 0.277 e. The molecule has 0 spiro atoms. The summed E-state index contributed by atoms with van der Waals surface area (Å²) < 4.78 is 0. The molecule has 0 radical (unpaired) electrons. The molecule has 2 aromatic rings. The number of carbonyl (C=O) groups is 3. The summed E-state index contributed by atoms with van der Waals surface area (Å²) in [5.74, 6) is -0.248. The fourth-order valence-electron chi connectivity index (χ4n) is 4.04. The molecule has 1 aliphatic carbocycles. The predicted molar refractivity (Wildman–Crippen MR) is 109 cm³/mol. The van der Waals surface area contributed by atoms with Crippen LogP contribution in [0, 0.1) is 0 Å². The zero-order valence-electron chi connectivity index (χ0n) is 16.4. The van der Waals surface area contributed by atoms with E-state index in [0.717, 1.165) is 30.4 Å². The number of pyridine rings is 2. The first-order valence-electron chi connectivity index (χ1n) is 10.1. The number of nitrogens with zero attached hydrogens (tertiary/aromatic N) is 4. The Labute approximate surface area is 173 Å². The zero-order valence-corrected chi connectivity index (χ0v) is 16.4. The highest BCUT2D eigenvalue weighted by Crippen LogP contribution is 2.38. The Bertz CT molecular complexity index is 1040. The first kappa shape index (κ1) is 18.5. The van der Waals surface area contributed by atoms with Crippen LogP contribution in [-0.2, 0) is 14.4 Å². The number of imide groups is 1. The summed E-state index contributed by atoms with van der Waals surface area (Å²) in [6.07, 6.45) is 8.24. The summed E-state index contributed by atoms with van der Waals surface area (Å²) >= 11 is 0. The monoisotopic (exact) mass is 403 g/mol. The summed E-state index contributed by atoms with van der Waals surface area (Å²) in [6, 6.07) is 7.43. The molecular formula is C22H21N5O3. The van der Waals surface area contributed by atoms with Crippen molar-refractivity contribution >= 4 is 23.5 Å². The molecule has 152 valence electrons. The van der Waals surface area contributed by atoms with E-state index in [1.807, 2.05) is 18.2 Å². The molecule has 3 amide bonds. The number of aromatic nitrogens is 2. The predicted octanol–water partition coefficient (Wildman–Crippen LogP) is 1.96. The second kappa shape index (κ2) is 7.37. The second-order valence-electron chi connectivity index (χ2n) is 7.79. The standard InChI is InChI=1S/C22H21N5O3/c28-19(25-18-8-5-15(12-24-18)14-3-1-9-23-11-14)13-26-10-2-4-17-20(26)22(30)27(21(17)29)16-6-7-16/h1,3,5,8-9,11-12,16H,2,4,6-7,10,13H2,(H,24,25,28). The minimum absolute atomic E-state index is 0.0163. The Hall–Kier alpha value is -3.55. The first-order chi connectivity index (χ1) is 14.6. The van der Waals surface area contributed by atoms with E-state index in [9.17, 15) is 14.4 Å². The third kappa shape index (κ3) is 3.34. The van der Waals surface area contributed by atoms with Gasteiger partial charge >= 0.3 is 0 Å². The van der Waals surface area contributed by atoms with Gasteiger partial charge in [0.15, 0.2) is 0 Å². The van der Waals surface area contributed by atoms with Gasteiger partial charge in [-0.2, -0.15) is 0 Å². The second-order valence-corrected chi connectivity index (χ2v) is 7.79. The SMILES string of the molecule is O=C(CN1CCCC2=C1C(=O)N(C1CC1)C2=O)Nc1ccc(-c2cccnc2)cn1. The molecule has 0 atom stereocenters. The van der Waals surface area contributed by atoms with Crippen LogP contribution in [0.2, 0.25) is 0 Å². The molecule has 0 unspecified atom stereocenters. The molecule has 1 saturated carbocycles. The lowest BCUT2D eigenvalue weighted by Crippen LogP contribution is -2.40. The quantitative estimate of drug-likeness (QED) is 0.767. The molecule has 5 rings (SSSR count). The first-order valence-corrected chi connectivity index (χ1v) is 10.1. The number of carbonyl (C=O) groups excluding carboxylic acids is 3. The maximum absolute atomic E-state index is 12.8. The number of nitrogens with one attached hydrogen (secondary N) is 1. The van der Waals surface area contributed by atoms with Crippen molar-refractivity contribution in [2.75, 3.05) is 18.4 Å². The average molecular weight is 403 g/mol. The van der Waals surface area contributed by atoms with Crippen LogP contribution >= 0.6 is 0 Å². The summed E-state index contributed by atoms with van der Waals surface area (Å²) in [6.45, 7) is 0.597. The van der Waals surface area contributed by atoms with Crippen LogP contribution in [0.4, 0.5) is 5.82 Å². The van der Waals surface area contributed by atoms with Crippen molar-refractivity contribution in [1.82, 2.24) is 19.8 Å². The minimum Gasteiger partial charge on any atom is -0.357 e. The molecule has 8 heteroatoms. The topological polar surface area (TPSA) is 95.5 Å². The van der Waals surface area contributed by atoms with Crippen LogP contribution in [0.25, 0.3) is 11.1 Å². The number of hydrogen-bond donors (Lipinski definition) is 1. The van der Waals surface area contributed by atoms with Crippen molar-refractivity contribution in [2.45, 2.75) is 31.7 Å². The molecule has 2 aromatic heterocycles. The van der Waals surface area contributed by atoms with Gasteiger partial charge < -0.3 is 10.2 Å². The van der Waals surface area contributed by atoms with Gasteiger partial charge in [-0.15, -0.1) is 0 Å². The highest BCUT2D eigenvalue weighted by atomic mass is 16.2. The Morgan fingerprint density at radius 3 is 2.63 bits per heavy atom. The van der Waals surface area contributed by atoms with Gasteiger partial charge in [0.25, 0.3) is 11.8 Å². The molecule has 3 aliphatic rings. The van der Waals surface area contributed by atoms with Crippen LogP contribution in [0.15, 0.2) is 54.1 Å². The lowest BCUT2D eigenvalue weighted by Gasteiger charge is -2.28. The van der Waals surface area contributed by atoms with Gasteiger partial charge in [0.2, 0.25) is 5.91 Å². The zero-order chi connectivity index (χ0) is 20.7. The molecule has 1 fully saturated rings. The maximum Gasteiger partial charge on any atom is 0.277 e. The molecule has 0 aromatic carbocycles. The fourth-order valence-corrected chi connectivity index (χ4v) is 4.04. The van der Waals surface area contributed by atoms with E-state index in [-0.39, 0.29) is 30.3 Å². The number of amides is 3. The average Bonchev–Trinajstić information content (AvgIpc) is 3.56. The molecular weight excluding hydrogens is 382 g/mol. The van der Waals surface area contributed by atoms with E-state index < -0.39 is 0 Å². The normalized spacial score (nSPS) is 18.7. The van der Waals surface area contributed by atoms with Gasteiger partial charge in [-0.1, -0.05) is 6.07 Å². The van der Waals surface area contributed by atoms with Crippen molar-refractivity contribution in [1.29, 1.82) is 0 Å². The van der Waals surface area contributed by atoms with E-state index >= 15 is 0 Å². The number of rotatable bonds is 5. The van der Waals surface area contributed by atoms with E-state index in [1.54, 1.807) is 29.6 Å². The fraction of sp³-hybridized carbons (Fsp3) is 0.318. The van der Waals surface area contributed by atoms with Crippen LogP contribution in [0.1, 0.15) is 25.7 Å². The van der Waals surface area contributed by atoms with Crippen molar-refractivity contribution in [2.24, 2.45) is 0 Å². The largest absolute Gasteiger partial charge is 0.357 e. The number of anilines is 1. The summed E-state index contributed by atoms with van der Waals surface area (Å²) in [7, 11) is 0. The van der Waals surface area contributed by atoms with E-state index in [1.165, 1.54) is 4.90 Å². The van der Waals surface area contributed by atoms with Gasteiger partial charge in [0.05, 0.1) is 6.54 Å². The van der Waals surface area contributed by atoms with E-state index in [4.69, 9.17) is 0 Å². The van der Waals surface area contributed by atoms with Crippen LogP contribution in [-0.4, -0.2) is 56.6 Å². The molecule has 30 heavy (non-hydrogen) atoms. The van der Waals surface area contributed by atoms with Gasteiger partial charge in [0, 0.05) is 47.9 Å². The van der Waals surface area contributed by atoms with E-state index in [2.05, 4.69) is 15.3 Å². The van der Waals surface area contributed by atoms with Gasteiger partial charge in [0.1, 0.15) is 11.5 Å². The maximum atomic E-state index is 12.8. The van der Waals surface area contributed by atoms with Gasteiger partial charge in [-0.25, -0.2) is 4.98 Å². The van der Waals surface area contributed by atoms with Gasteiger partial charge in [-0.05, 0) is 43.9 Å². The Morgan fingerprint density at radius 1 is 1.10 bits per heavy atom. The van der Waals surface area contributed by atoms with Gasteiger partial charge in [-0.3, -0.25) is 24.3 Å². The summed E-state index contributed by atoms with van der Waals surface area (Å²) in [5, 5.41) is 2.78. The molecule has 0 bridgehead atoms. The Morgan fingerprint density at radius 2 is 1.93 bits per heavy atom. The van der Waals surface area contributed by atoms with Crippen LogP contribution in [0.3, 0.4) is 0 Å². The van der Waals surface area contributed by atoms with Crippen molar-refractivity contribution in [3.8, 4) is 11.1 Å². The Balaban J connectivity index is 1.26. The van der Waals surface area contributed by atoms with Crippen molar-refractivity contribution in [3.63, 3.8) is 0 Å². The summed E-state index contributed by atoms with van der Waals surface area (Å²) in [4.78, 5) is 49.5. The Kier molecular flexibility index (Phi) is 4.54. The van der Waals surface area contributed by atoms with Crippen LogP contribution in [0.5, 0.6) is 0 Å². The lowest BCUT2D eigenvalue weighted by atomic mass is 10.0. The third-order valence-corrected chi connectivity index (χ3v) is 5.63. The minimum atomic E-state index is -0.268. The van der Waals surface area contributed by atoms with Crippen molar-refractivity contribution < 1.29 is 14.4 Å². The lowest BCUT2D eigenvalue weighted by molar-refractivity contribution is -0.138. The highest BCUT2D eigenvalue weighted by molar-refractivity contribution is 6.19. The molecule has 0 saturated heterocycles. The number of hydrogen-bond acceptors (Lipinski definition) is 6. The molecule has 4 heterocycles. The molecule has 1 N–H and O–H groups in total. The van der Waals surface area contributed by atoms with Crippen LogP contribution < -0.4 is 5.32 Å². The summed E-state index contributed by atoms with van der Waals surface area (Å²) in [5.41, 5.74) is 2.82. The molecule has 8 nitrogen and oxygen atoms in total. The molecule has 2 aliphatic heterocycles. The van der Waals surface area contributed by atoms with E-state index in [0.29, 0.717) is 30.1 Å².